The van der Waals surface area contributed by atoms with E-state index in [0.29, 0.717) is 31.2 Å². The number of carbonyl (C=O) groups is 4. The van der Waals surface area contributed by atoms with Crippen molar-refractivity contribution in [3.63, 3.8) is 0 Å². The van der Waals surface area contributed by atoms with Gasteiger partial charge >= 0.3 is 23.9 Å². The van der Waals surface area contributed by atoms with Gasteiger partial charge in [-0.2, -0.15) is 0 Å². The van der Waals surface area contributed by atoms with Gasteiger partial charge in [-0.15, -0.1) is 0 Å². The van der Waals surface area contributed by atoms with Crippen molar-refractivity contribution in [1.29, 1.82) is 0 Å². The molecule has 2 unspecified atom stereocenters. The second-order valence-electron chi connectivity index (χ2n) is 8.72. The molecule has 0 radical (unpaired) electrons. The molecule has 0 spiro atoms. The van der Waals surface area contributed by atoms with Gasteiger partial charge in [0.25, 0.3) is 5.72 Å². The maximum absolute atomic E-state index is 12.6. The van der Waals surface area contributed by atoms with Gasteiger partial charge in [-0.1, -0.05) is 40.7 Å². The fourth-order valence-corrected chi connectivity index (χ4v) is 3.11. The van der Waals surface area contributed by atoms with E-state index in [1.165, 1.54) is 12.1 Å². The Hall–Kier alpha value is -2.94. The van der Waals surface area contributed by atoms with E-state index in [0.717, 1.165) is 0 Å². The van der Waals surface area contributed by atoms with E-state index in [1.807, 2.05) is 27.7 Å². The molecule has 3 atom stereocenters. The number of carboxylic acid groups (broad SMARTS) is 1. The number of esters is 3. The molecule has 0 saturated carbocycles. The smallest absolute Gasteiger partial charge is 0.364 e. The van der Waals surface area contributed by atoms with Crippen LogP contribution < -0.4 is 14.8 Å². The summed E-state index contributed by atoms with van der Waals surface area (Å²) in [5, 5.41) is 13.1. The van der Waals surface area contributed by atoms with E-state index in [2.05, 4.69) is 5.32 Å². The largest absolute Gasteiger partial charge is 0.477 e. The molecule has 9 heteroatoms. The van der Waals surface area contributed by atoms with Crippen LogP contribution in [0.5, 0.6) is 11.5 Å². The van der Waals surface area contributed by atoms with Crippen LogP contribution in [0, 0.1) is 5.92 Å². The zero-order valence-electron chi connectivity index (χ0n) is 21.6. The van der Waals surface area contributed by atoms with E-state index in [4.69, 9.17) is 14.2 Å². The lowest BCUT2D eigenvalue weighted by Crippen LogP contribution is -2.60. The zero-order valence-corrected chi connectivity index (χ0v) is 21.6. The number of hydrogen-bond acceptors (Lipinski definition) is 8. The molecule has 0 aliphatic heterocycles. The number of nitrogens with one attached hydrogen (secondary N) is 1. The van der Waals surface area contributed by atoms with Crippen molar-refractivity contribution in [2.75, 3.05) is 0 Å². The Morgan fingerprint density at radius 1 is 0.914 bits per heavy atom. The molecule has 0 aliphatic rings. The van der Waals surface area contributed by atoms with Crippen molar-refractivity contribution in [3.05, 3.63) is 23.8 Å². The third-order valence-corrected chi connectivity index (χ3v) is 5.54. The van der Waals surface area contributed by atoms with Gasteiger partial charge in [-0.25, -0.2) is 4.79 Å². The quantitative estimate of drug-likeness (QED) is 0.207. The number of carboxylic acids is 1. The third-order valence-electron chi connectivity index (χ3n) is 5.54. The fraction of sp³-hybridized carbons (Fsp3) is 0.615. The normalized spacial score (nSPS) is 14.3. The summed E-state index contributed by atoms with van der Waals surface area (Å²) < 4.78 is 16.4. The zero-order chi connectivity index (χ0) is 26.6. The van der Waals surface area contributed by atoms with E-state index in [-0.39, 0.29) is 36.8 Å². The van der Waals surface area contributed by atoms with Crippen LogP contribution in [0.1, 0.15) is 85.6 Å². The molecule has 0 fully saturated rings. The number of benzene rings is 1. The summed E-state index contributed by atoms with van der Waals surface area (Å²) in [6, 6.07) is 4.17. The van der Waals surface area contributed by atoms with Gasteiger partial charge < -0.3 is 19.3 Å². The van der Waals surface area contributed by atoms with Crippen LogP contribution in [0.15, 0.2) is 18.2 Å². The molecule has 0 bridgehead atoms. The summed E-state index contributed by atoms with van der Waals surface area (Å²) in [6.45, 7) is 10.8. The highest BCUT2D eigenvalue weighted by Crippen LogP contribution is 2.32. The van der Waals surface area contributed by atoms with Crippen LogP contribution in [0.25, 0.3) is 0 Å². The molecular weight excluding hydrogens is 454 g/mol. The van der Waals surface area contributed by atoms with E-state index in [9.17, 15) is 24.3 Å². The van der Waals surface area contributed by atoms with Gasteiger partial charge in [-0.05, 0) is 50.3 Å². The van der Waals surface area contributed by atoms with Crippen LogP contribution >= 0.6 is 0 Å². The highest BCUT2D eigenvalue weighted by Gasteiger charge is 2.44. The van der Waals surface area contributed by atoms with Crippen LogP contribution in [-0.4, -0.2) is 40.8 Å². The first-order valence-corrected chi connectivity index (χ1v) is 12.3. The van der Waals surface area contributed by atoms with Crippen LogP contribution in [0.3, 0.4) is 0 Å². The molecule has 2 N–H and O–H groups in total. The van der Waals surface area contributed by atoms with E-state index < -0.39 is 35.5 Å². The first-order chi connectivity index (χ1) is 16.5. The number of carbonyl (C=O) groups excluding carboxylic acids is 3. The molecule has 0 saturated heterocycles. The monoisotopic (exact) mass is 493 g/mol. The summed E-state index contributed by atoms with van der Waals surface area (Å²) in [7, 11) is 0. The van der Waals surface area contributed by atoms with E-state index in [1.54, 1.807) is 19.9 Å². The maximum Gasteiger partial charge on any atom is 0.364 e. The second kappa shape index (κ2) is 14.5. The van der Waals surface area contributed by atoms with E-state index >= 15 is 0 Å². The summed E-state index contributed by atoms with van der Waals surface area (Å²) >= 11 is 0. The molecule has 0 aromatic heterocycles. The minimum absolute atomic E-state index is 0.00137. The summed E-state index contributed by atoms with van der Waals surface area (Å²) in [4.78, 5) is 49.3. The van der Waals surface area contributed by atoms with Crippen molar-refractivity contribution >= 4 is 23.9 Å². The molecule has 0 aliphatic carbocycles. The fourth-order valence-electron chi connectivity index (χ4n) is 3.11. The van der Waals surface area contributed by atoms with Gasteiger partial charge in [0.2, 0.25) is 0 Å². The Bertz CT molecular complexity index is 884. The first-order valence-electron chi connectivity index (χ1n) is 12.3. The molecule has 196 valence electrons. The van der Waals surface area contributed by atoms with Crippen LogP contribution in [-0.2, 0) is 30.3 Å². The lowest BCUT2D eigenvalue weighted by Gasteiger charge is -2.34. The first kappa shape index (κ1) is 30.1. The SMILES string of the molecule is CCCC(=O)Oc1ccc(C[C@](NC(C)CC)(OC(=O)C(C)CC)C(=O)O)cc1OC(=O)CCC. The third kappa shape index (κ3) is 9.32. The van der Waals surface area contributed by atoms with Gasteiger partial charge in [0, 0.05) is 25.3 Å². The molecule has 0 amide bonds. The lowest BCUT2D eigenvalue weighted by molar-refractivity contribution is -0.187. The molecule has 0 heterocycles. The maximum atomic E-state index is 12.6. The van der Waals surface area contributed by atoms with Crippen LogP contribution in [0.4, 0.5) is 0 Å². The summed E-state index contributed by atoms with van der Waals surface area (Å²) in [5.74, 6) is -3.40. The highest BCUT2D eigenvalue weighted by atomic mass is 16.6. The van der Waals surface area contributed by atoms with Gasteiger partial charge in [-0.3, -0.25) is 19.7 Å². The Morgan fingerprint density at radius 2 is 1.49 bits per heavy atom. The minimum Gasteiger partial charge on any atom is -0.477 e. The van der Waals surface area contributed by atoms with Gasteiger partial charge in [0.1, 0.15) is 0 Å². The Balaban J connectivity index is 3.45. The topological polar surface area (TPSA) is 128 Å². The van der Waals surface area contributed by atoms with Gasteiger partial charge in [0.05, 0.1) is 5.92 Å². The molecule has 1 rings (SSSR count). The predicted molar refractivity (Wildman–Crippen MR) is 130 cm³/mol. The van der Waals surface area contributed by atoms with Crippen molar-refractivity contribution in [2.45, 2.75) is 98.3 Å². The number of aliphatic carboxylic acids is 1. The van der Waals surface area contributed by atoms with Gasteiger partial charge in [0.15, 0.2) is 11.5 Å². The van der Waals surface area contributed by atoms with Crippen molar-refractivity contribution < 1.29 is 38.5 Å². The Morgan fingerprint density at radius 3 is 1.97 bits per heavy atom. The van der Waals surface area contributed by atoms with Crippen molar-refractivity contribution in [2.24, 2.45) is 5.92 Å². The number of hydrogen-bond donors (Lipinski definition) is 2. The molecule has 1 aromatic carbocycles. The summed E-state index contributed by atoms with van der Waals surface area (Å²) in [5.41, 5.74) is -1.63. The number of rotatable bonds is 15. The predicted octanol–water partition coefficient (Wildman–Crippen LogP) is 4.40. The Kier molecular flexibility index (Phi) is 12.4. The molecule has 9 nitrogen and oxygen atoms in total. The van der Waals surface area contributed by atoms with Crippen molar-refractivity contribution in [1.82, 2.24) is 5.32 Å². The molecule has 35 heavy (non-hydrogen) atoms. The summed E-state index contributed by atoms with van der Waals surface area (Å²) in [6.07, 6.45) is 2.36. The molecular formula is C26H39NO8. The average molecular weight is 494 g/mol. The highest BCUT2D eigenvalue weighted by molar-refractivity contribution is 5.83. The Labute approximate surface area is 207 Å². The number of ether oxygens (including phenoxy) is 3. The second-order valence-corrected chi connectivity index (χ2v) is 8.72. The standard InChI is InChI=1S/C26H39NO8/c1-7-11-22(28)33-20-14-13-19(15-21(20)34-23(29)12-8-2)16-26(25(31)32,27-18(6)10-4)35-24(30)17(5)9-3/h13-15,17-18,27H,7-12,16H2,1-6H3,(H,31,32)/t17?,18?,26-/m0/s1. The molecule has 1 aromatic rings. The average Bonchev–Trinajstić information content (AvgIpc) is 2.80. The van der Waals surface area contributed by atoms with Crippen molar-refractivity contribution in [3.8, 4) is 11.5 Å². The lowest BCUT2D eigenvalue weighted by atomic mass is 9.99. The minimum atomic E-state index is -2.04. The van der Waals surface area contributed by atoms with Crippen LogP contribution in [0.2, 0.25) is 0 Å².